The minimum absolute atomic E-state index is 0.00778. The van der Waals surface area contributed by atoms with E-state index in [0.717, 1.165) is 25.7 Å². The SMILES string of the molecule is CCOC(=O)C1NC(=O)CC12CCCCC2CC. The highest BCUT2D eigenvalue weighted by Gasteiger charge is 2.55. The van der Waals surface area contributed by atoms with Gasteiger partial charge in [0.05, 0.1) is 6.61 Å². The number of carbonyl (C=O) groups is 2. The largest absolute Gasteiger partial charge is 0.464 e. The minimum atomic E-state index is -0.421. The molecule has 1 N–H and O–H groups in total. The summed E-state index contributed by atoms with van der Waals surface area (Å²) in [5, 5.41) is 2.85. The Morgan fingerprint density at radius 1 is 1.44 bits per heavy atom. The molecule has 3 unspecified atom stereocenters. The minimum Gasteiger partial charge on any atom is -0.464 e. The number of hydrogen-bond acceptors (Lipinski definition) is 3. The van der Waals surface area contributed by atoms with Gasteiger partial charge in [0.1, 0.15) is 6.04 Å². The van der Waals surface area contributed by atoms with Crippen molar-refractivity contribution in [3.63, 3.8) is 0 Å². The number of nitrogens with one attached hydrogen (secondary N) is 1. The molecule has 0 bridgehead atoms. The molecule has 0 aromatic heterocycles. The van der Waals surface area contributed by atoms with Crippen molar-refractivity contribution in [1.29, 1.82) is 0 Å². The molecule has 4 nitrogen and oxygen atoms in total. The van der Waals surface area contributed by atoms with Crippen LogP contribution in [0.5, 0.6) is 0 Å². The third kappa shape index (κ3) is 2.13. The number of carbonyl (C=O) groups excluding carboxylic acids is 2. The first kappa shape index (κ1) is 13.4. The van der Waals surface area contributed by atoms with Crippen LogP contribution in [0, 0.1) is 11.3 Å². The van der Waals surface area contributed by atoms with Crippen LogP contribution in [0.25, 0.3) is 0 Å². The first-order chi connectivity index (χ1) is 8.64. The van der Waals surface area contributed by atoms with Crippen LogP contribution in [0.2, 0.25) is 0 Å². The van der Waals surface area contributed by atoms with E-state index in [2.05, 4.69) is 12.2 Å². The number of esters is 1. The van der Waals surface area contributed by atoms with Crippen LogP contribution in [0.4, 0.5) is 0 Å². The molecule has 1 saturated carbocycles. The maximum Gasteiger partial charge on any atom is 0.329 e. The average Bonchev–Trinajstić information content (AvgIpc) is 2.68. The molecule has 1 aliphatic heterocycles. The molecule has 0 aromatic rings. The molecular weight excluding hydrogens is 230 g/mol. The highest BCUT2D eigenvalue weighted by molar-refractivity contribution is 5.90. The van der Waals surface area contributed by atoms with Crippen LogP contribution >= 0.6 is 0 Å². The van der Waals surface area contributed by atoms with E-state index in [1.165, 1.54) is 6.42 Å². The van der Waals surface area contributed by atoms with Crippen LogP contribution in [0.3, 0.4) is 0 Å². The zero-order valence-electron chi connectivity index (χ0n) is 11.3. The van der Waals surface area contributed by atoms with E-state index in [4.69, 9.17) is 4.74 Å². The number of hydrogen-bond donors (Lipinski definition) is 1. The third-order valence-electron chi connectivity index (χ3n) is 4.64. The molecule has 1 amide bonds. The predicted molar refractivity (Wildman–Crippen MR) is 67.9 cm³/mol. The van der Waals surface area contributed by atoms with Crippen molar-refractivity contribution in [3.8, 4) is 0 Å². The topological polar surface area (TPSA) is 55.4 Å². The lowest BCUT2D eigenvalue weighted by Gasteiger charge is -2.43. The molecule has 1 aliphatic carbocycles. The van der Waals surface area contributed by atoms with Crippen molar-refractivity contribution >= 4 is 11.9 Å². The van der Waals surface area contributed by atoms with E-state index in [1.807, 2.05) is 0 Å². The normalized spacial score (nSPS) is 35.6. The average molecular weight is 253 g/mol. The van der Waals surface area contributed by atoms with Crippen molar-refractivity contribution in [2.45, 2.75) is 58.4 Å². The summed E-state index contributed by atoms with van der Waals surface area (Å²) in [7, 11) is 0. The van der Waals surface area contributed by atoms with E-state index in [0.29, 0.717) is 18.9 Å². The maximum atomic E-state index is 12.1. The first-order valence-corrected chi connectivity index (χ1v) is 7.10. The maximum absolute atomic E-state index is 12.1. The fraction of sp³-hybridized carbons (Fsp3) is 0.857. The number of amides is 1. The standard InChI is InChI=1S/C14H23NO3/c1-3-10-7-5-6-8-14(10)9-11(16)15-12(14)13(17)18-4-2/h10,12H,3-9H2,1-2H3,(H,15,16). The summed E-state index contributed by atoms with van der Waals surface area (Å²) in [6, 6.07) is -0.421. The van der Waals surface area contributed by atoms with Gasteiger partial charge in [0, 0.05) is 11.8 Å². The lowest BCUT2D eigenvalue weighted by atomic mass is 9.61. The monoisotopic (exact) mass is 253 g/mol. The highest BCUT2D eigenvalue weighted by atomic mass is 16.5. The molecule has 4 heteroatoms. The second-order valence-electron chi connectivity index (χ2n) is 5.51. The molecule has 1 saturated heterocycles. The smallest absolute Gasteiger partial charge is 0.329 e. The molecule has 1 spiro atoms. The Balaban J connectivity index is 2.25. The zero-order valence-corrected chi connectivity index (χ0v) is 11.3. The quantitative estimate of drug-likeness (QED) is 0.783. The van der Waals surface area contributed by atoms with E-state index in [1.54, 1.807) is 6.92 Å². The van der Waals surface area contributed by atoms with E-state index < -0.39 is 6.04 Å². The van der Waals surface area contributed by atoms with Gasteiger partial charge in [-0.1, -0.05) is 26.2 Å². The van der Waals surface area contributed by atoms with Crippen LogP contribution < -0.4 is 5.32 Å². The Morgan fingerprint density at radius 2 is 2.22 bits per heavy atom. The van der Waals surface area contributed by atoms with Crippen LogP contribution in [0.15, 0.2) is 0 Å². The van der Waals surface area contributed by atoms with Gasteiger partial charge in [-0.25, -0.2) is 4.79 Å². The van der Waals surface area contributed by atoms with Crippen molar-refractivity contribution in [3.05, 3.63) is 0 Å². The summed E-state index contributed by atoms with van der Waals surface area (Å²) in [4.78, 5) is 23.9. The summed E-state index contributed by atoms with van der Waals surface area (Å²) >= 11 is 0. The van der Waals surface area contributed by atoms with Crippen molar-refractivity contribution in [2.24, 2.45) is 11.3 Å². The Bertz CT molecular complexity index is 342. The molecule has 2 rings (SSSR count). The molecule has 102 valence electrons. The summed E-state index contributed by atoms with van der Waals surface area (Å²) in [6.45, 7) is 4.33. The molecule has 0 aromatic carbocycles. The van der Waals surface area contributed by atoms with Crippen molar-refractivity contribution < 1.29 is 14.3 Å². The van der Waals surface area contributed by atoms with E-state index in [9.17, 15) is 9.59 Å². The fourth-order valence-corrected chi connectivity index (χ4v) is 3.84. The Hall–Kier alpha value is -1.06. The van der Waals surface area contributed by atoms with Crippen LogP contribution in [-0.4, -0.2) is 24.5 Å². The number of ether oxygens (including phenoxy) is 1. The van der Waals surface area contributed by atoms with Gasteiger partial charge in [-0.15, -0.1) is 0 Å². The molecule has 2 aliphatic rings. The molecule has 3 atom stereocenters. The molecule has 0 radical (unpaired) electrons. The molecular formula is C14H23NO3. The first-order valence-electron chi connectivity index (χ1n) is 7.10. The lowest BCUT2D eigenvalue weighted by Crippen LogP contribution is -2.49. The van der Waals surface area contributed by atoms with E-state index in [-0.39, 0.29) is 17.3 Å². The Labute approximate surface area is 108 Å². The summed E-state index contributed by atoms with van der Waals surface area (Å²) < 4.78 is 5.14. The van der Waals surface area contributed by atoms with Gasteiger partial charge in [0.2, 0.25) is 5.91 Å². The summed E-state index contributed by atoms with van der Waals surface area (Å²) in [5.74, 6) is 0.219. The van der Waals surface area contributed by atoms with Crippen molar-refractivity contribution in [2.75, 3.05) is 6.61 Å². The molecule has 18 heavy (non-hydrogen) atoms. The van der Waals surface area contributed by atoms with Gasteiger partial charge in [-0.05, 0) is 25.7 Å². The highest BCUT2D eigenvalue weighted by Crippen LogP contribution is 2.50. The summed E-state index contributed by atoms with van der Waals surface area (Å²) in [6.07, 6.45) is 5.94. The molecule has 1 heterocycles. The second-order valence-corrected chi connectivity index (χ2v) is 5.51. The van der Waals surface area contributed by atoms with Crippen molar-refractivity contribution in [1.82, 2.24) is 5.32 Å². The van der Waals surface area contributed by atoms with E-state index >= 15 is 0 Å². The third-order valence-corrected chi connectivity index (χ3v) is 4.64. The number of rotatable bonds is 3. The van der Waals surface area contributed by atoms with Gasteiger partial charge in [0.15, 0.2) is 0 Å². The zero-order chi connectivity index (χ0) is 13.2. The Morgan fingerprint density at radius 3 is 2.89 bits per heavy atom. The fourth-order valence-electron chi connectivity index (χ4n) is 3.84. The predicted octanol–water partition coefficient (Wildman–Crippen LogP) is 2.02. The van der Waals surface area contributed by atoms with Gasteiger partial charge < -0.3 is 10.1 Å². The van der Waals surface area contributed by atoms with Gasteiger partial charge in [-0.3, -0.25) is 4.79 Å². The van der Waals surface area contributed by atoms with Gasteiger partial charge in [0.25, 0.3) is 0 Å². The Kier molecular flexibility index (Phi) is 3.93. The lowest BCUT2D eigenvalue weighted by molar-refractivity contribution is -0.150. The molecule has 2 fully saturated rings. The van der Waals surface area contributed by atoms with Gasteiger partial charge in [-0.2, -0.15) is 0 Å². The van der Waals surface area contributed by atoms with Gasteiger partial charge >= 0.3 is 5.97 Å². The van der Waals surface area contributed by atoms with Crippen LogP contribution in [-0.2, 0) is 14.3 Å². The second kappa shape index (κ2) is 5.29. The summed E-state index contributed by atoms with van der Waals surface area (Å²) in [5.41, 5.74) is -0.184. The van der Waals surface area contributed by atoms with Crippen LogP contribution in [0.1, 0.15) is 52.4 Å².